The molecule has 0 saturated carbocycles. The molecule has 27 heavy (non-hydrogen) atoms. The van der Waals surface area contributed by atoms with Gasteiger partial charge in [-0.1, -0.05) is 70.4 Å². The molecule has 160 valence electrons. The van der Waals surface area contributed by atoms with Crippen LogP contribution in [0.3, 0.4) is 0 Å². The molecule has 0 bridgehead atoms. The minimum absolute atomic E-state index is 0.162. The van der Waals surface area contributed by atoms with Crippen LogP contribution in [0.1, 0.15) is 125 Å². The first-order chi connectivity index (χ1) is 13.0. The van der Waals surface area contributed by atoms with E-state index in [0.29, 0.717) is 18.5 Å². The zero-order valence-electron chi connectivity index (χ0n) is 19.1. The molecule has 0 unspecified atom stereocenters. The average Bonchev–Trinajstić information content (AvgIpc) is 2.62. The van der Waals surface area contributed by atoms with Crippen molar-refractivity contribution in [2.75, 3.05) is 0 Å². The van der Waals surface area contributed by atoms with Gasteiger partial charge < -0.3 is 0 Å². The second kappa shape index (κ2) is 18.5. The molecule has 0 aromatic rings. The standard InChI is InChI=1S/C24H48N2O/c1-6-7-8-9-10-11-12-13-14-15-16-17-18-19-20-21-24(27)25-26(22(2)3)23(4)5/h13-14,22-23H,6-12,15-21H2,1-5H3,(H,25,27)/b14-13-. The van der Waals surface area contributed by atoms with E-state index in [2.05, 4.69) is 52.2 Å². The third-order valence-electron chi connectivity index (χ3n) is 5.03. The molecule has 0 fully saturated rings. The van der Waals surface area contributed by atoms with Gasteiger partial charge in [0.1, 0.15) is 0 Å². The maximum absolute atomic E-state index is 12.0. The summed E-state index contributed by atoms with van der Waals surface area (Å²) in [4.78, 5) is 12.0. The van der Waals surface area contributed by atoms with Crippen LogP contribution in [0.15, 0.2) is 12.2 Å². The number of allylic oxidation sites excluding steroid dienone is 2. The van der Waals surface area contributed by atoms with Crippen molar-refractivity contribution < 1.29 is 4.79 Å². The summed E-state index contributed by atoms with van der Waals surface area (Å²) in [5, 5.41) is 2.04. The maximum atomic E-state index is 12.0. The van der Waals surface area contributed by atoms with Gasteiger partial charge in [-0.15, -0.1) is 0 Å². The quantitative estimate of drug-likeness (QED) is 0.155. The second-order valence-electron chi connectivity index (χ2n) is 8.46. The number of nitrogens with zero attached hydrogens (tertiary/aromatic N) is 1. The van der Waals surface area contributed by atoms with Crippen LogP contribution in [0, 0.1) is 0 Å². The molecule has 0 aliphatic rings. The largest absolute Gasteiger partial charge is 0.288 e. The number of nitrogens with one attached hydrogen (secondary N) is 1. The van der Waals surface area contributed by atoms with Crippen molar-refractivity contribution in [3.8, 4) is 0 Å². The van der Waals surface area contributed by atoms with E-state index in [4.69, 9.17) is 0 Å². The Morgan fingerprint density at radius 1 is 0.741 bits per heavy atom. The number of hydrogen-bond donors (Lipinski definition) is 1. The molecule has 0 heterocycles. The molecule has 3 heteroatoms. The van der Waals surface area contributed by atoms with Crippen molar-refractivity contribution in [1.29, 1.82) is 0 Å². The highest BCUT2D eigenvalue weighted by atomic mass is 16.2. The monoisotopic (exact) mass is 380 g/mol. The number of unbranched alkanes of at least 4 members (excludes halogenated alkanes) is 11. The van der Waals surface area contributed by atoms with Crippen LogP contribution < -0.4 is 5.43 Å². The van der Waals surface area contributed by atoms with Gasteiger partial charge in [0.15, 0.2) is 0 Å². The first kappa shape index (κ1) is 26.2. The highest BCUT2D eigenvalue weighted by Crippen LogP contribution is 2.10. The normalized spacial score (nSPS) is 12.0. The summed E-state index contributed by atoms with van der Waals surface area (Å²) < 4.78 is 0. The smallest absolute Gasteiger partial charge is 0.234 e. The first-order valence-corrected chi connectivity index (χ1v) is 11.7. The van der Waals surface area contributed by atoms with Gasteiger partial charge in [-0.25, -0.2) is 5.01 Å². The van der Waals surface area contributed by atoms with Gasteiger partial charge in [0.05, 0.1) is 0 Å². The van der Waals surface area contributed by atoms with Crippen LogP contribution in [0.25, 0.3) is 0 Å². The Labute approximate surface area is 170 Å². The van der Waals surface area contributed by atoms with Gasteiger partial charge in [0, 0.05) is 18.5 Å². The topological polar surface area (TPSA) is 32.3 Å². The molecule has 0 aromatic heterocycles. The van der Waals surface area contributed by atoms with E-state index in [1.807, 2.05) is 5.01 Å². The molecule has 1 amide bonds. The highest BCUT2D eigenvalue weighted by molar-refractivity contribution is 5.75. The van der Waals surface area contributed by atoms with E-state index in [-0.39, 0.29) is 5.91 Å². The summed E-state index contributed by atoms with van der Waals surface area (Å²) in [5.74, 6) is 0.162. The number of carbonyl (C=O) groups is 1. The maximum Gasteiger partial charge on any atom is 0.234 e. The van der Waals surface area contributed by atoms with Crippen molar-refractivity contribution >= 4 is 5.91 Å². The minimum Gasteiger partial charge on any atom is -0.288 e. The summed E-state index contributed by atoms with van der Waals surface area (Å²) in [5.41, 5.74) is 3.05. The molecule has 0 aromatic carbocycles. The van der Waals surface area contributed by atoms with Gasteiger partial charge in [0.2, 0.25) is 5.91 Å². The van der Waals surface area contributed by atoms with Gasteiger partial charge >= 0.3 is 0 Å². The Bertz CT molecular complexity index is 355. The van der Waals surface area contributed by atoms with Gasteiger partial charge in [0.25, 0.3) is 0 Å². The van der Waals surface area contributed by atoms with E-state index in [9.17, 15) is 4.79 Å². The molecular formula is C24H48N2O. The second-order valence-corrected chi connectivity index (χ2v) is 8.46. The van der Waals surface area contributed by atoms with E-state index >= 15 is 0 Å². The summed E-state index contributed by atoms with van der Waals surface area (Å²) >= 11 is 0. The van der Waals surface area contributed by atoms with Crippen molar-refractivity contribution in [2.24, 2.45) is 0 Å². The molecule has 0 rings (SSSR count). The molecule has 0 spiro atoms. The van der Waals surface area contributed by atoms with Crippen LogP contribution in [-0.2, 0) is 4.79 Å². The molecule has 0 saturated heterocycles. The number of hydrazine groups is 1. The first-order valence-electron chi connectivity index (χ1n) is 11.7. The van der Waals surface area contributed by atoms with Gasteiger partial charge in [-0.2, -0.15) is 0 Å². The zero-order chi connectivity index (χ0) is 20.3. The highest BCUT2D eigenvalue weighted by Gasteiger charge is 2.15. The molecule has 0 aliphatic carbocycles. The van der Waals surface area contributed by atoms with Crippen LogP contribution in [-0.4, -0.2) is 23.0 Å². The van der Waals surface area contributed by atoms with Crippen LogP contribution in [0.5, 0.6) is 0 Å². The summed E-state index contributed by atoms with van der Waals surface area (Å²) in [6.45, 7) is 10.7. The molecule has 3 nitrogen and oxygen atoms in total. The van der Waals surface area contributed by atoms with Crippen molar-refractivity contribution in [1.82, 2.24) is 10.4 Å². The number of carbonyl (C=O) groups excluding carboxylic acids is 1. The van der Waals surface area contributed by atoms with Crippen molar-refractivity contribution in [3.05, 3.63) is 12.2 Å². The Kier molecular flexibility index (Phi) is 18.0. The van der Waals surface area contributed by atoms with Crippen molar-refractivity contribution in [3.63, 3.8) is 0 Å². The predicted molar refractivity (Wildman–Crippen MR) is 120 cm³/mol. The SMILES string of the molecule is CCCCCCCC/C=C\CCCCCCCC(=O)NN(C(C)C)C(C)C. The lowest BCUT2D eigenvalue weighted by molar-refractivity contribution is -0.128. The van der Waals surface area contributed by atoms with E-state index in [0.717, 1.165) is 12.8 Å². The van der Waals surface area contributed by atoms with Crippen LogP contribution in [0.2, 0.25) is 0 Å². The summed E-state index contributed by atoms with van der Waals surface area (Å²) in [6.07, 6.45) is 22.1. The predicted octanol–water partition coefficient (Wildman–Crippen LogP) is 7.17. The fourth-order valence-electron chi connectivity index (χ4n) is 3.41. The Balaban J connectivity index is 3.44. The molecular weight excluding hydrogens is 332 g/mol. The van der Waals surface area contributed by atoms with Crippen LogP contribution in [0.4, 0.5) is 0 Å². The van der Waals surface area contributed by atoms with E-state index in [1.54, 1.807) is 0 Å². The minimum atomic E-state index is 0.162. The van der Waals surface area contributed by atoms with Crippen LogP contribution >= 0.6 is 0 Å². The van der Waals surface area contributed by atoms with Gasteiger partial charge in [-0.05, 0) is 59.8 Å². The number of amides is 1. The third-order valence-corrected chi connectivity index (χ3v) is 5.03. The lowest BCUT2D eigenvalue weighted by atomic mass is 10.1. The third kappa shape index (κ3) is 17.0. The fourth-order valence-corrected chi connectivity index (χ4v) is 3.41. The number of rotatable bonds is 18. The Morgan fingerprint density at radius 3 is 1.67 bits per heavy atom. The molecule has 0 radical (unpaired) electrons. The summed E-state index contributed by atoms with van der Waals surface area (Å²) in [7, 11) is 0. The lowest BCUT2D eigenvalue weighted by Crippen LogP contribution is -2.50. The molecule has 0 atom stereocenters. The molecule has 1 N–H and O–H groups in total. The average molecular weight is 381 g/mol. The van der Waals surface area contributed by atoms with Crippen molar-refractivity contribution in [2.45, 2.75) is 137 Å². The number of hydrogen-bond acceptors (Lipinski definition) is 2. The summed E-state index contributed by atoms with van der Waals surface area (Å²) in [6, 6.07) is 0.672. The van der Waals surface area contributed by atoms with E-state index < -0.39 is 0 Å². The molecule has 0 aliphatic heterocycles. The van der Waals surface area contributed by atoms with E-state index in [1.165, 1.54) is 70.6 Å². The van der Waals surface area contributed by atoms with Gasteiger partial charge in [-0.3, -0.25) is 10.2 Å². The lowest BCUT2D eigenvalue weighted by Gasteiger charge is -2.30. The Hall–Kier alpha value is -0.830. The fraction of sp³-hybridized carbons (Fsp3) is 0.875. The Morgan fingerprint density at radius 2 is 1.19 bits per heavy atom. The zero-order valence-corrected chi connectivity index (χ0v) is 19.1.